The third-order valence-electron chi connectivity index (χ3n) is 5.04. The first-order valence-electron chi connectivity index (χ1n) is 9.73. The van der Waals surface area contributed by atoms with Gasteiger partial charge in [0, 0.05) is 12.6 Å². The minimum Gasteiger partial charge on any atom is -0.314 e. The molecule has 1 saturated heterocycles. The van der Waals surface area contributed by atoms with E-state index in [0.29, 0.717) is 6.04 Å². The van der Waals surface area contributed by atoms with Gasteiger partial charge < -0.3 is 10.2 Å². The largest absolute Gasteiger partial charge is 0.314 e. The summed E-state index contributed by atoms with van der Waals surface area (Å²) in [6, 6.07) is 0.696. The molecular weight excluding hydrogens is 256 g/mol. The predicted octanol–water partition coefficient (Wildman–Crippen LogP) is 4.84. The zero-order valence-corrected chi connectivity index (χ0v) is 15.0. The minimum absolute atomic E-state index is 0.696. The minimum atomic E-state index is 0.696. The van der Waals surface area contributed by atoms with Crippen LogP contribution in [0.1, 0.15) is 85.0 Å². The van der Waals surface area contributed by atoms with Crippen LogP contribution < -0.4 is 5.32 Å². The highest BCUT2D eigenvalue weighted by Gasteiger charge is 2.23. The molecule has 1 fully saturated rings. The average molecular weight is 297 g/mol. The van der Waals surface area contributed by atoms with Crippen molar-refractivity contribution in [3.05, 3.63) is 0 Å². The Bertz CT molecular complexity index is 230. The van der Waals surface area contributed by atoms with E-state index in [1.165, 1.54) is 90.4 Å². The Morgan fingerprint density at radius 3 is 2.43 bits per heavy atom. The molecule has 1 N–H and O–H groups in total. The topological polar surface area (TPSA) is 15.3 Å². The van der Waals surface area contributed by atoms with Crippen LogP contribution in [0.2, 0.25) is 0 Å². The van der Waals surface area contributed by atoms with E-state index in [2.05, 4.69) is 31.0 Å². The lowest BCUT2D eigenvalue weighted by molar-refractivity contribution is 0.148. The average Bonchev–Trinajstić information content (AvgIpc) is 2.52. The van der Waals surface area contributed by atoms with E-state index >= 15 is 0 Å². The summed E-state index contributed by atoms with van der Waals surface area (Å²) in [7, 11) is 0. The molecule has 0 bridgehead atoms. The van der Waals surface area contributed by atoms with E-state index in [4.69, 9.17) is 0 Å². The van der Waals surface area contributed by atoms with Crippen molar-refractivity contribution in [2.24, 2.45) is 5.92 Å². The Balaban J connectivity index is 2.06. The van der Waals surface area contributed by atoms with Crippen LogP contribution in [-0.4, -0.2) is 37.1 Å². The highest BCUT2D eigenvalue weighted by molar-refractivity contribution is 4.80. The molecule has 2 unspecified atom stereocenters. The summed E-state index contributed by atoms with van der Waals surface area (Å²) in [6.45, 7) is 12.1. The number of hydrogen-bond donors (Lipinski definition) is 1. The van der Waals surface area contributed by atoms with E-state index in [0.717, 1.165) is 5.92 Å². The van der Waals surface area contributed by atoms with Crippen molar-refractivity contribution in [1.29, 1.82) is 0 Å². The maximum absolute atomic E-state index is 3.69. The molecule has 0 aromatic rings. The highest BCUT2D eigenvalue weighted by atomic mass is 15.1. The predicted molar refractivity (Wildman–Crippen MR) is 94.9 cm³/mol. The van der Waals surface area contributed by atoms with E-state index in [1.54, 1.807) is 0 Å². The van der Waals surface area contributed by atoms with Gasteiger partial charge in [0.2, 0.25) is 0 Å². The first-order valence-corrected chi connectivity index (χ1v) is 9.73. The fraction of sp³-hybridized carbons (Fsp3) is 1.00. The van der Waals surface area contributed by atoms with E-state index < -0.39 is 0 Å². The first-order chi connectivity index (χ1) is 10.3. The summed E-state index contributed by atoms with van der Waals surface area (Å²) in [5, 5.41) is 3.69. The van der Waals surface area contributed by atoms with Crippen LogP contribution in [0.4, 0.5) is 0 Å². The van der Waals surface area contributed by atoms with Gasteiger partial charge in [0.1, 0.15) is 0 Å². The maximum atomic E-state index is 3.69. The Morgan fingerprint density at radius 2 is 1.71 bits per heavy atom. The van der Waals surface area contributed by atoms with Crippen molar-refractivity contribution in [2.45, 2.75) is 91.0 Å². The molecule has 2 atom stereocenters. The van der Waals surface area contributed by atoms with Crippen LogP contribution in [0.25, 0.3) is 0 Å². The fourth-order valence-electron chi connectivity index (χ4n) is 3.53. The van der Waals surface area contributed by atoms with Crippen molar-refractivity contribution >= 4 is 0 Å². The summed E-state index contributed by atoms with van der Waals surface area (Å²) in [5.41, 5.74) is 0. The molecule has 21 heavy (non-hydrogen) atoms. The van der Waals surface area contributed by atoms with Gasteiger partial charge in [-0.3, -0.25) is 0 Å². The number of hydrogen-bond acceptors (Lipinski definition) is 2. The number of unbranched alkanes of at least 4 members (excludes halogenated alkanes) is 6. The Kier molecular flexibility index (Phi) is 11.3. The van der Waals surface area contributed by atoms with Gasteiger partial charge in [0.05, 0.1) is 0 Å². The van der Waals surface area contributed by atoms with Crippen LogP contribution in [0, 0.1) is 5.92 Å². The second-order valence-electron chi connectivity index (χ2n) is 7.07. The summed E-state index contributed by atoms with van der Waals surface area (Å²) in [6.07, 6.45) is 14.1. The molecule has 0 amide bonds. The normalized spacial score (nSPS) is 21.6. The molecule has 0 aromatic heterocycles. The monoisotopic (exact) mass is 296 g/mol. The maximum Gasteiger partial charge on any atom is 0.00792 e. The van der Waals surface area contributed by atoms with Gasteiger partial charge in [-0.1, -0.05) is 52.4 Å². The lowest BCUT2D eigenvalue weighted by Gasteiger charge is -2.36. The second-order valence-corrected chi connectivity index (χ2v) is 7.07. The summed E-state index contributed by atoms with van der Waals surface area (Å²) in [4.78, 5) is 2.73. The summed E-state index contributed by atoms with van der Waals surface area (Å²) in [5.74, 6) is 0.870. The molecule has 2 nitrogen and oxygen atoms in total. The number of rotatable bonds is 12. The summed E-state index contributed by atoms with van der Waals surface area (Å²) < 4.78 is 0. The molecule has 0 aliphatic carbocycles. The van der Waals surface area contributed by atoms with Crippen molar-refractivity contribution in [3.63, 3.8) is 0 Å². The first kappa shape index (κ1) is 19.0. The number of nitrogens with zero attached hydrogens (tertiary/aromatic N) is 1. The molecule has 1 aliphatic heterocycles. The summed E-state index contributed by atoms with van der Waals surface area (Å²) >= 11 is 0. The van der Waals surface area contributed by atoms with Gasteiger partial charge in [-0.15, -0.1) is 0 Å². The molecule has 0 spiro atoms. The molecule has 0 radical (unpaired) electrons. The van der Waals surface area contributed by atoms with Crippen molar-refractivity contribution in [3.8, 4) is 0 Å². The molecule has 126 valence electrons. The molecule has 1 aliphatic rings. The zero-order chi connectivity index (χ0) is 15.3. The van der Waals surface area contributed by atoms with Gasteiger partial charge >= 0.3 is 0 Å². The Labute approximate surface area is 134 Å². The Morgan fingerprint density at radius 1 is 1.00 bits per heavy atom. The molecular formula is C19H40N2. The number of likely N-dealkylation sites (tertiary alicyclic amines) is 1. The van der Waals surface area contributed by atoms with Gasteiger partial charge in [-0.25, -0.2) is 0 Å². The van der Waals surface area contributed by atoms with Crippen molar-refractivity contribution < 1.29 is 0 Å². The lowest BCUT2D eigenvalue weighted by atomic mass is 9.91. The van der Waals surface area contributed by atoms with Gasteiger partial charge in [0.25, 0.3) is 0 Å². The molecule has 0 saturated carbocycles. The molecule has 1 heterocycles. The van der Waals surface area contributed by atoms with Crippen LogP contribution in [0.15, 0.2) is 0 Å². The lowest BCUT2D eigenvalue weighted by Crippen LogP contribution is -2.44. The van der Waals surface area contributed by atoms with E-state index in [9.17, 15) is 0 Å². The zero-order valence-electron chi connectivity index (χ0n) is 15.0. The van der Waals surface area contributed by atoms with Crippen LogP contribution in [0.3, 0.4) is 0 Å². The van der Waals surface area contributed by atoms with Crippen LogP contribution in [0.5, 0.6) is 0 Å². The number of piperidine rings is 1. The van der Waals surface area contributed by atoms with E-state index in [-0.39, 0.29) is 0 Å². The molecule has 1 rings (SSSR count). The van der Waals surface area contributed by atoms with Crippen LogP contribution >= 0.6 is 0 Å². The van der Waals surface area contributed by atoms with Gasteiger partial charge in [-0.05, 0) is 58.2 Å². The van der Waals surface area contributed by atoms with Crippen molar-refractivity contribution in [1.82, 2.24) is 10.2 Å². The second kappa shape index (κ2) is 12.5. The van der Waals surface area contributed by atoms with Gasteiger partial charge in [0.15, 0.2) is 0 Å². The SMILES string of the molecule is CCCCCCCCCN1CCCC(C(C)NCCC)C1. The highest BCUT2D eigenvalue weighted by Crippen LogP contribution is 2.20. The smallest absolute Gasteiger partial charge is 0.00792 e. The van der Waals surface area contributed by atoms with Gasteiger partial charge in [-0.2, -0.15) is 0 Å². The Hall–Kier alpha value is -0.0800. The third-order valence-corrected chi connectivity index (χ3v) is 5.04. The van der Waals surface area contributed by atoms with Crippen molar-refractivity contribution in [2.75, 3.05) is 26.2 Å². The van der Waals surface area contributed by atoms with Crippen LogP contribution in [-0.2, 0) is 0 Å². The van der Waals surface area contributed by atoms with E-state index in [1.807, 2.05) is 0 Å². The quantitative estimate of drug-likeness (QED) is 0.519. The fourth-order valence-corrected chi connectivity index (χ4v) is 3.53. The number of nitrogens with one attached hydrogen (secondary N) is 1. The molecule has 0 aromatic carbocycles. The standard InChI is InChI=1S/C19H40N2/c1-4-6-7-8-9-10-11-15-21-16-12-13-19(17-21)18(3)20-14-5-2/h18-20H,4-17H2,1-3H3. The molecule has 2 heteroatoms. The third kappa shape index (κ3) is 8.83.